The van der Waals surface area contributed by atoms with Crippen LogP contribution in [0.1, 0.15) is 20.3 Å². The number of nitrogens with one attached hydrogen (secondary N) is 2. The highest BCUT2D eigenvalue weighted by molar-refractivity contribution is 6.02. The van der Waals surface area contributed by atoms with Crippen molar-refractivity contribution in [3.8, 4) is 0 Å². The Bertz CT molecular complexity index is 411. The van der Waals surface area contributed by atoms with Crippen molar-refractivity contribution < 1.29 is 0 Å². The minimum Gasteiger partial charge on any atom is -0.313 e. The monoisotopic (exact) mass is 245 g/mol. The normalized spacial score (nSPS) is 25.5. The van der Waals surface area contributed by atoms with E-state index in [0.29, 0.717) is 0 Å². The van der Waals surface area contributed by atoms with E-state index in [9.17, 15) is 0 Å². The highest BCUT2D eigenvalue weighted by atomic mass is 15.3. The van der Waals surface area contributed by atoms with Crippen molar-refractivity contribution in [2.75, 3.05) is 13.6 Å². The van der Waals surface area contributed by atoms with Crippen LogP contribution in [-0.4, -0.2) is 25.3 Å². The molecule has 0 amide bonds. The predicted octanol–water partition coefficient (Wildman–Crippen LogP) is 2.40. The van der Waals surface area contributed by atoms with Gasteiger partial charge in [-0.15, -0.1) is 5.73 Å². The summed E-state index contributed by atoms with van der Waals surface area (Å²) in [6.07, 6.45) is 4.93. The predicted molar refractivity (Wildman–Crippen MR) is 78.7 cm³/mol. The van der Waals surface area contributed by atoms with E-state index in [1.807, 2.05) is 19.2 Å². The molecule has 3 nitrogen and oxygen atoms in total. The van der Waals surface area contributed by atoms with E-state index in [1.54, 1.807) is 0 Å². The molecule has 98 valence electrons. The van der Waals surface area contributed by atoms with Gasteiger partial charge in [-0.2, -0.15) is 5.10 Å². The first kappa shape index (κ1) is 14.5. The van der Waals surface area contributed by atoms with Gasteiger partial charge in [-0.25, -0.2) is 0 Å². The van der Waals surface area contributed by atoms with Gasteiger partial charge >= 0.3 is 0 Å². The van der Waals surface area contributed by atoms with Crippen molar-refractivity contribution in [2.24, 2.45) is 11.0 Å². The maximum absolute atomic E-state index is 4.32. The van der Waals surface area contributed by atoms with E-state index in [2.05, 4.69) is 48.6 Å². The summed E-state index contributed by atoms with van der Waals surface area (Å²) in [5.41, 5.74) is 9.08. The van der Waals surface area contributed by atoms with Crippen LogP contribution in [0.5, 0.6) is 0 Å². The summed E-state index contributed by atoms with van der Waals surface area (Å²) in [5, 5.41) is 7.76. The maximum atomic E-state index is 4.32. The van der Waals surface area contributed by atoms with Gasteiger partial charge in [0, 0.05) is 25.6 Å². The summed E-state index contributed by atoms with van der Waals surface area (Å²) < 4.78 is 0. The molecule has 0 saturated carbocycles. The minimum absolute atomic E-state index is 0.195. The molecule has 0 spiro atoms. The molecular formula is C15H23N3. The third kappa shape index (κ3) is 3.46. The van der Waals surface area contributed by atoms with Crippen LogP contribution in [0, 0.1) is 5.92 Å². The van der Waals surface area contributed by atoms with Gasteiger partial charge in [0.2, 0.25) is 0 Å². The lowest BCUT2D eigenvalue weighted by atomic mass is 9.84. The highest BCUT2D eigenvalue weighted by Crippen LogP contribution is 2.21. The fourth-order valence-corrected chi connectivity index (χ4v) is 2.11. The van der Waals surface area contributed by atoms with Crippen LogP contribution in [0.15, 0.2) is 47.3 Å². The van der Waals surface area contributed by atoms with Gasteiger partial charge in [0.05, 0.1) is 5.71 Å². The molecule has 1 rings (SSSR count). The van der Waals surface area contributed by atoms with Crippen LogP contribution in [0.4, 0.5) is 0 Å². The number of piperidine rings is 1. The molecule has 1 saturated heterocycles. The second-order valence-corrected chi connectivity index (χ2v) is 4.47. The summed E-state index contributed by atoms with van der Waals surface area (Å²) in [5.74, 6) is 0.255. The lowest BCUT2D eigenvalue weighted by molar-refractivity contribution is 0.503. The number of hydrogen-bond donors (Lipinski definition) is 2. The molecule has 0 aliphatic carbocycles. The first-order valence-corrected chi connectivity index (χ1v) is 6.37. The number of hydrazone groups is 1. The van der Waals surface area contributed by atoms with E-state index in [0.717, 1.165) is 29.8 Å². The quantitative estimate of drug-likeness (QED) is 0.453. The summed E-state index contributed by atoms with van der Waals surface area (Å²) in [7, 11) is 1.81. The number of hydrogen-bond acceptors (Lipinski definition) is 3. The average Bonchev–Trinajstić information content (AvgIpc) is 2.34. The van der Waals surface area contributed by atoms with Gasteiger partial charge in [0.15, 0.2) is 0 Å². The Labute approximate surface area is 110 Å². The molecule has 0 aromatic heterocycles. The lowest BCUT2D eigenvalue weighted by Crippen LogP contribution is -2.47. The third-order valence-electron chi connectivity index (χ3n) is 3.05. The van der Waals surface area contributed by atoms with Crippen molar-refractivity contribution >= 4 is 5.71 Å². The van der Waals surface area contributed by atoms with Gasteiger partial charge in [0.1, 0.15) is 0 Å². The van der Waals surface area contributed by atoms with Gasteiger partial charge in [-0.3, -0.25) is 0 Å². The highest BCUT2D eigenvalue weighted by Gasteiger charge is 2.29. The van der Waals surface area contributed by atoms with Crippen molar-refractivity contribution in [3.05, 3.63) is 42.2 Å². The second-order valence-electron chi connectivity index (χ2n) is 4.47. The summed E-state index contributed by atoms with van der Waals surface area (Å²) >= 11 is 0. The Balaban J connectivity index is 2.85. The smallest absolute Gasteiger partial charge is 0.0688 e. The van der Waals surface area contributed by atoms with E-state index in [4.69, 9.17) is 0 Å². The molecule has 2 unspecified atom stereocenters. The van der Waals surface area contributed by atoms with Crippen LogP contribution >= 0.6 is 0 Å². The Kier molecular flexibility index (Phi) is 5.63. The van der Waals surface area contributed by atoms with Crippen LogP contribution < -0.4 is 10.7 Å². The molecule has 0 bridgehead atoms. The summed E-state index contributed by atoms with van der Waals surface area (Å²) in [6.45, 7) is 13.1. The Morgan fingerprint density at radius 3 is 3.00 bits per heavy atom. The molecule has 0 radical (unpaired) electrons. The molecule has 2 N–H and O–H groups in total. The number of nitrogens with zero attached hydrogens (tertiary/aromatic N) is 1. The molecule has 1 aliphatic rings. The second kappa shape index (κ2) is 7.00. The van der Waals surface area contributed by atoms with Crippen LogP contribution in [-0.2, 0) is 0 Å². The average molecular weight is 245 g/mol. The van der Waals surface area contributed by atoms with Crippen molar-refractivity contribution in [1.82, 2.24) is 10.7 Å². The fraction of sp³-hybridized carbons (Fsp3) is 0.467. The molecule has 2 atom stereocenters. The standard InChI is InChI=1S/C15H23N3/c1-6-7-8-9-11(2)14-13(4)15(18-16-5)12(3)10-17-14/h7,9,13-14,16-17H,2-3,6,10H2,1,4-5H3/b18-15+. The van der Waals surface area contributed by atoms with Crippen LogP contribution in [0.25, 0.3) is 0 Å². The number of rotatable bonds is 4. The lowest BCUT2D eigenvalue weighted by Gasteiger charge is -2.33. The molecule has 1 fully saturated rings. The van der Waals surface area contributed by atoms with Crippen molar-refractivity contribution in [1.29, 1.82) is 0 Å². The van der Waals surface area contributed by atoms with E-state index in [-0.39, 0.29) is 12.0 Å². The topological polar surface area (TPSA) is 36.4 Å². The first-order chi connectivity index (χ1) is 8.61. The largest absolute Gasteiger partial charge is 0.313 e. The molecule has 3 heteroatoms. The first-order valence-electron chi connectivity index (χ1n) is 6.37. The zero-order valence-electron chi connectivity index (χ0n) is 11.6. The SMILES string of the molecule is C=C1CNC(C(=C)C=C=CCC)C(C)/C1=N/NC. The minimum atomic E-state index is 0.195. The molecule has 18 heavy (non-hydrogen) atoms. The van der Waals surface area contributed by atoms with E-state index >= 15 is 0 Å². The summed E-state index contributed by atoms with van der Waals surface area (Å²) in [4.78, 5) is 0. The Hall–Kier alpha value is -1.57. The third-order valence-corrected chi connectivity index (χ3v) is 3.05. The molecule has 1 heterocycles. The molecule has 1 aliphatic heterocycles. The maximum Gasteiger partial charge on any atom is 0.0688 e. The molecule has 0 aromatic carbocycles. The zero-order chi connectivity index (χ0) is 13.5. The van der Waals surface area contributed by atoms with Gasteiger partial charge in [0.25, 0.3) is 0 Å². The van der Waals surface area contributed by atoms with Crippen LogP contribution in [0.2, 0.25) is 0 Å². The van der Waals surface area contributed by atoms with E-state index < -0.39 is 0 Å². The molecular weight excluding hydrogens is 222 g/mol. The van der Waals surface area contributed by atoms with Gasteiger partial charge in [-0.1, -0.05) is 27.0 Å². The van der Waals surface area contributed by atoms with Gasteiger partial charge < -0.3 is 10.7 Å². The fourth-order valence-electron chi connectivity index (χ4n) is 2.11. The molecule has 0 aromatic rings. The Morgan fingerprint density at radius 2 is 2.39 bits per heavy atom. The van der Waals surface area contributed by atoms with Crippen molar-refractivity contribution in [2.45, 2.75) is 26.3 Å². The van der Waals surface area contributed by atoms with Crippen molar-refractivity contribution in [3.63, 3.8) is 0 Å². The van der Waals surface area contributed by atoms with E-state index in [1.165, 1.54) is 0 Å². The van der Waals surface area contributed by atoms with Gasteiger partial charge in [-0.05, 0) is 29.7 Å². The zero-order valence-corrected chi connectivity index (χ0v) is 11.6. The summed E-state index contributed by atoms with van der Waals surface area (Å²) in [6, 6.07) is 0.195. The van der Waals surface area contributed by atoms with Crippen LogP contribution in [0.3, 0.4) is 0 Å². The Morgan fingerprint density at radius 1 is 1.67 bits per heavy atom.